The van der Waals surface area contributed by atoms with Gasteiger partial charge in [0, 0.05) is 18.7 Å². The summed E-state index contributed by atoms with van der Waals surface area (Å²) in [6.07, 6.45) is 0.106. The molecule has 0 spiro atoms. The Morgan fingerprint density at radius 2 is 1.83 bits per heavy atom. The molecule has 4 nitrogen and oxygen atoms in total. The average Bonchev–Trinajstić information content (AvgIpc) is 2.59. The van der Waals surface area contributed by atoms with Gasteiger partial charge >= 0.3 is 5.97 Å². The predicted octanol–water partition coefficient (Wildman–Crippen LogP) is 3.34. The first-order valence-electron chi connectivity index (χ1n) is 7.67. The lowest BCUT2D eigenvalue weighted by Crippen LogP contribution is -2.32. The number of halogens is 1. The molecule has 1 amide bonds. The van der Waals surface area contributed by atoms with Gasteiger partial charge in [-0.05, 0) is 36.8 Å². The second-order valence-corrected chi connectivity index (χ2v) is 5.55. The lowest BCUT2D eigenvalue weighted by Gasteiger charge is -2.23. The minimum atomic E-state index is -0.379. The number of ether oxygens (including phenoxy) is 1. The van der Waals surface area contributed by atoms with Crippen LogP contribution in [0.4, 0.5) is 4.39 Å². The average molecular weight is 329 g/mol. The Hall–Kier alpha value is -2.69. The van der Waals surface area contributed by atoms with Gasteiger partial charge in [-0.15, -0.1) is 0 Å². The van der Waals surface area contributed by atoms with E-state index in [4.69, 9.17) is 0 Å². The Morgan fingerprint density at radius 3 is 2.46 bits per heavy atom. The molecule has 0 aliphatic heterocycles. The quantitative estimate of drug-likeness (QED) is 0.764. The Balaban J connectivity index is 2.19. The maximum Gasteiger partial charge on any atom is 0.307 e. The van der Waals surface area contributed by atoms with Crippen LogP contribution >= 0.6 is 0 Å². The van der Waals surface area contributed by atoms with Crippen molar-refractivity contribution in [3.8, 4) is 0 Å². The SMILES string of the molecule is COC(=O)CCN(Cc1ccc(F)cc1)C(=O)c1cccc(C)c1. The Morgan fingerprint density at radius 1 is 1.12 bits per heavy atom. The van der Waals surface area contributed by atoms with Crippen LogP contribution in [-0.4, -0.2) is 30.4 Å². The molecule has 0 saturated heterocycles. The van der Waals surface area contributed by atoms with Crippen LogP contribution in [0.25, 0.3) is 0 Å². The molecule has 0 aromatic heterocycles. The highest BCUT2D eigenvalue weighted by atomic mass is 19.1. The van der Waals surface area contributed by atoms with Gasteiger partial charge in [0.15, 0.2) is 0 Å². The summed E-state index contributed by atoms with van der Waals surface area (Å²) in [5, 5.41) is 0. The lowest BCUT2D eigenvalue weighted by atomic mass is 10.1. The number of carbonyl (C=O) groups is 2. The first kappa shape index (κ1) is 17.7. The number of amides is 1. The lowest BCUT2D eigenvalue weighted by molar-refractivity contribution is -0.140. The summed E-state index contributed by atoms with van der Waals surface area (Å²) >= 11 is 0. The highest BCUT2D eigenvalue weighted by Gasteiger charge is 2.18. The fourth-order valence-corrected chi connectivity index (χ4v) is 2.35. The fraction of sp³-hybridized carbons (Fsp3) is 0.263. The van der Waals surface area contributed by atoms with E-state index >= 15 is 0 Å². The highest BCUT2D eigenvalue weighted by Crippen LogP contribution is 2.13. The van der Waals surface area contributed by atoms with Crippen molar-refractivity contribution in [2.45, 2.75) is 19.9 Å². The Labute approximate surface area is 140 Å². The van der Waals surface area contributed by atoms with Crippen LogP contribution in [0.5, 0.6) is 0 Å². The number of hydrogen-bond donors (Lipinski definition) is 0. The number of nitrogens with zero attached hydrogens (tertiary/aromatic N) is 1. The number of methoxy groups -OCH3 is 1. The van der Waals surface area contributed by atoms with Gasteiger partial charge in [-0.2, -0.15) is 0 Å². The molecule has 0 atom stereocenters. The van der Waals surface area contributed by atoms with Crippen LogP contribution in [-0.2, 0) is 16.1 Å². The molecule has 0 N–H and O–H groups in total. The molecule has 2 rings (SSSR count). The van der Waals surface area contributed by atoms with Gasteiger partial charge in [-0.1, -0.05) is 29.8 Å². The standard InChI is InChI=1S/C19H20FNO3/c1-14-4-3-5-16(12-14)19(23)21(11-10-18(22)24-2)13-15-6-8-17(20)9-7-15/h3-9,12H,10-11,13H2,1-2H3. The van der Waals surface area contributed by atoms with Crippen LogP contribution in [0.2, 0.25) is 0 Å². The summed E-state index contributed by atoms with van der Waals surface area (Å²) in [5.41, 5.74) is 2.33. The number of aryl methyl sites for hydroxylation is 1. The molecular formula is C19H20FNO3. The van der Waals surface area contributed by atoms with Crippen LogP contribution in [0, 0.1) is 12.7 Å². The molecule has 2 aromatic carbocycles. The van der Waals surface area contributed by atoms with E-state index in [0.29, 0.717) is 12.1 Å². The van der Waals surface area contributed by atoms with Gasteiger partial charge in [-0.25, -0.2) is 4.39 Å². The van der Waals surface area contributed by atoms with E-state index in [1.807, 2.05) is 19.1 Å². The summed E-state index contributed by atoms with van der Waals surface area (Å²) in [7, 11) is 1.31. The number of benzene rings is 2. The first-order chi connectivity index (χ1) is 11.5. The van der Waals surface area contributed by atoms with Crippen LogP contribution < -0.4 is 0 Å². The van der Waals surface area contributed by atoms with Gasteiger partial charge < -0.3 is 9.64 Å². The predicted molar refractivity (Wildman–Crippen MR) is 89.0 cm³/mol. The first-order valence-corrected chi connectivity index (χ1v) is 7.67. The van der Waals surface area contributed by atoms with E-state index in [1.165, 1.54) is 19.2 Å². The summed E-state index contributed by atoms with van der Waals surface area (Å²) in [6, 6.07) is 13.2. The van der Waals surface area contributed by atoms with Gasteiger partial charge in [0.05, 0.1) is 13.5 Å². The molecule has 0 aliphatic rings. The van der Waals surface area contributed by atoms with Gasteiger partial charge in [0.1, 0.15) is 5.82 Å². The van der Waals surface area contributed by atoms with Crippen molar-refractivity contribution in [2.75, 3.05) is 13.7 Å². The van der Waals surface area contributed by atoms with Crippen LogP contribution in [0.1, 0.15) is 27.9 Å². The topological polar surface area (TPSA) is 46.6 Å². The molecule has 0 heterocycles. The fourth-order valence-electron chi connectivity index (χ4n) is 2.35. The maximum atomic E-state index is 13.1. The maximum absolute atomic E-state index is 13.1. The number of hydrogen-bond acceptors (Lipinski definition) is 3. The van der Waals surface area contributed by atoms with Crippen molar-refractivity contribution in [2.24, 2.45) is 0 Å². The highest BCUT2D eigenvalue weighted by molar-refractivity contribution is 5.94. The third-order valence-corrected chi connectivity index (χ3v) is 3.65. The second kappa shape index (κ2) is 8.24. The third kappa shape index (κ3) is 4.91. The van der Waals surface area contributed by atoms with E-state index < -0.39 is 0 Å². The zero-order chi connectivity index (χ0) is 17.5. The monoisotopic (exact) mass is 329 g/mol. The van der Waals surface area contributed by atoms with E-state index in [-0.39, 0.29) is 30.7 Å². The normalized spacial score (nSPS) is 10.3. The molecule has 2 aromatic rings. The molecule has 0 bridgehead atoms. The minimum absolute atomic E-state index is 0.106. The van der Waals surface area contributed by atoms with E-state index in [9.17, 15) is 14.0 Å². The Bertz CT molecular complexity index is 713. The molecule has 0 saturated carbocycles. The molecule has 0 radical (unpaired) electrons. The smallest absolute Gasteiger partial charge is 0.307 e. The number of carbonyl (C=O) groups excluding carboxylic acids is 2. The molecular weight excluding hydrogens is 309 g/mol. The van der Waals surface area contributed by atoms with Crippen molar-refractivity contribution in [3.63, 3.8) is 0 Å². The van der Waals surface area contributed by atoms with Gasteiger partial charge in [0.25, 0.3) is 5.91 Å². The van der Waals surface area contributed by atoms with E-state index in [2.05, 4.69) is 4.74 Å². The second-order valence-electron chi connectivity index (χ2n) is 5.55. The third-order valence-electron chi connectivity index (χ3n) is 3.65. The largest absolute Gasteiger partial charge is 0.469 e. The van der Waals surface area contributed by atoms with Crippen molar-refractivity contribution >= 4 is 11.9 Å². The van der Waals surface area contributed by atoms with Crippen molar-refractivity contribution in [1.29, 1.82) is 0 Å². The van der Waals surface area contributed by atoms with Gasteiger partial charge in [0.2, 0.25) is 0 Å². The summed E-state index contributed by atoms with van der Waals surface area (Å²) < 4.78 is 17.7. The van der Waals surface area contributed by atoms with E-state index in [0.717, 1.165) is 11.1 Å². The molecule has 0 aliphatic carbocycles. The van der Waals surface area contributed by atoms with Crippen LogP contribution in [0.15, 0.2) is 48.5 Å². The number of esters is 1. The Kier molecular flexibility index (Phi) is 6.07. The zero-order valence-electron chi connectivity index (χ0n) is 13.8. The summed E-state index contributed by atoms with van der Waals surface area (Å²) in [5.74, 6) is -0.882. The zero-order valence-corrected chi connectivity index (χ0v) is 13.8. The van der Waals surface area contributed by atoms with Crippen molar-refractivity contribution in [1.82, 2.24) is 4.90 Å². The summed E-state index contributed by atoms with van der Waals surface area (Å²) in [4.78, 5) is 25.8. The van der Waals surface area contributed by atoms with Crippen molar-refractivity contribution in [3.05, 3.63) is 71.0 Å². The van der Waals surface area contributed by atoms with E-state index in [1.54, 1.807) is 29.2 Å². The number of rotatable bonds is 6. The molecule has 24 heavy (non-hydrogen) atoms. The minimum Gasteiger partial charge on any atom is -0.469 e. The van der Waals surface area contributed by atoms with Gasteiger partial charge in [-0.3, -0.25) is 9.59 Å². The molecule has 0 unspecified atom stereocenters. The van der Waals surface area contributed by atoms with Crippen molar-refractivity contribution < 1.29 is 18.7 Å². The van der Waals surface area contributed by atoms with Crippen LogP contribution in [0.3, 0.4) is 0 Å². The molecule has 0 fully saturated rings. The summed E-state index contributed by atoms with van der Waals surface area (Å²) in [6.45, 7) is 2.44. The molecule has 5 heteroatoms. The molecule has 126 valence electrons.